The number of nitrogens with one attached hydrogen (secondary N) is 1. The summed E-state index contributed by atoms with van der Waals surface area (Å²) in [4.78, 5) is 16.7. The first-order chi connectivity index (χ1) is 12.5. The van der Waals surface area contributed by atoms with Crippen molar-refractivity contribution in [1.29, 1.82) is 0 Å². The van der Waals surface area contributed by atoms with Crippen molar-refractivity contribution in [2.24, 2.45) is 0 Å². The second kappa shape index (κ2) is 7.53. The summed E-state index contributed by atoms with van der Waals surface area (Å²) in [6.07, 6.45) is 5.28. The van der Waals surface area contributed by atoms with Crippen LogP contribution in [0.15, 0.2) is 72.1 Å². The van der Waals surface area contributed by atoms with Crippen LogP contribution in [0.4, 0.5) is 5.69 Å². The molecule has 0 fully saturated rings. The molecular formula is C19H19N3O3S. The molecule has 0 unspecified atom stereocenters. The summed E-state index contributed by atoms with van der Waals surface area (Å²) in [7, 11) is -3.48. The van der Waals surface area contributed by atoms with E-state index in [1.807, 2.05) is 29.0 Å². The van der Waals surface area contributed by atoms with E-state index in [0.29, 0.717) is 12.2 Å². The minimum absolute atomic E-state index is 0.0505. The van der Waals surface area contributed by atoms with E-state index in [-0.39, 0.29) is 16.2 Å². The van der Waals surface area contributed by atoms with Gasteiger partial charge in [-0.25, -0.2) is 13.4 Å². The molecule has 3 aromatic rings. The summed E-state index contributed by atoms with van der Waals surface area (Å²) < 4.78 is 26.4. The maximum absolute atomic E-state index is 12.6. The molecule has 0 radical (unpaired) electrons. The number of hydrogen-bond donors (Lipinski definition) is 1. The van der Waals surface area contributed by atoms with Gasteiger partial charge in [0.2, 0.25) is 0 Å². The van der Waals surface area contributed by atoms with Crippen LogP contribution in [0.25, 0.3) is 0 Å². The summed E-state index contributed by atoms with van der Waals surface area (Å²) >= 11 is 0. The summed E-state index contributed by atoms with van der Waals surface area (Å²) in [5, 5.41) is 2.79. The van der Waals surface area contributed by atoms with Gasteiger partial charge in [0.25, 0.3) is 5.91 Å². The van der Waals surface area contributed by atoms with E-state index in [4.69, 9.17) is 0 Å². The van der Waals surface area contributed by atoms with Gasteiger partial charge in [0, 0.05) is 24.6 Å². The van der Waals surface area contributed by atoms with Crippen molar-refractivity contribution in [2.45, 2.75) is 18.4 Å². The predicted octanol–water partition coefficient (Wildman–Crippen LogP) is 2.98. The van der Waals surface area contributed by atoms with E-state index >= 15 is 0 Å². The molecule has 6 nitrogen and oxygen atoms in total. The zero-order chi connectivity index (χ0) is 18.6. The fraction of sp³-hybridized carbons (Fsp3) is 0.158. The number of carbonyl (C=O) groups excluding carboxylic acids is 1. The fourth-order valence-electron chi connectivity index (χ4n) is 2.62. The zero-order valence-corrected chi connectivity index (χ0v) is 15.1. The lowest BCUT2D eigenvalue weighted by atomic mass is 10.1. The minimum atomic E-state index is -3.48. The Hall–Kier alpha value is -2.93. The molecule has 0 saturated carbocycles. The highest BCUT2D eigenvalue weighted by molar-refractivity contribution is 7.91. The predicted molar refractivity (Wildman–Crippen MR) is 99.9 cm³/mol. The van der Waals surface area contributed by atoms with Gasteiger partial charge in [-0.3, -0.25) is 4.79 Å². The Morgan fingerprint density at radius 2 is 1.96 bits per heavy atom. The van der Waals surface area contributed by atoms with Crippen LogP contribution in [0.3, 0.4) is 0 Å². The molecule has 0 saturated heterocycles. The Morgan fingerprint density at radius 1 is 1.15 bits per heavy atom. The van der Waals surface area contributed by atoms with Crippen LogP contribution in [0.5, 0.6) is 0 Å². The third kappa shape index (κ3) is 4.00. The van der Waals surface area contributed by atoms with Crippen molar-refractivity contribution in [2.75, 3.05) is 11.1 Å². The number of carbonyl (C=O) groups is 1. The standard InChI is InChI=1S/C19H19N3O3S/c1-2-26(24,25)18-9-4-3-8-17(18)19(23)21-16-7-5-6-15(12-16)13-22-11-10-20-14-22/h3-12,14H,2,13H2,1H3,(H,21,23). The first-order valence-electron chi connectivity index (χ1n) is 8.17. The third-order valence-electron chi connectivity index (χ3n) is 3.96. The molecule has 1 heterocycles. The van der Waals surface area contributed by atoms with Crippen molar-refractivity contribution in [1.82, 2.24) is 9.55 Å². The summed E-state index contributed by atoms with van der Waals surface area (Å²) in [5.74, 6) is -0.505. The molecule has 0 atom stereocenters. The summed E-state index contributed by atoms with van der Waals surface area (Å²) in [6, 6.07) is 13.7. The van der Waals surface area contributed by atoms with E-state index < -0.39 is 15.7 Å². The van der Waals surface area contributed by atoms with Gasteiger partial charge in [-0.15, -0.1) is 0 Å². The number of benzene rings is 2. The second-order valence-electron chi connectivity index (χ2n) is 5.79. The number of rotatable bonds is 6. The van der Waals surface area contributed by atoms with Crippen LogP contribution in [-0.4, -0.2) is 29.6 Å². The van der Waals surface area contributed by atoms with Crippen LogP contribution in [-0.2, 0) is 16.4 Å². The lowest BCUT2D eigenvalue weighted by Crippen LogP contribution is -2.17. The Morgan fingerprint density at radius 3 is 2.69 bits per heavy atom. The van der Waals surface area contributed by atoms with Crippen LogP contribution >= 0.6 is 0 Å². The van der Waals surface area contributed by atoms with Gasteiger partial charge in [0.15, 0.2) is 9.84 Å². The van der Waals surface area contributed by atoms with E-state index in [2.05, 4.69) is 10.3 Å². The van der Waals surface area contributed by atoms with Crippen LogP contribution in [0.2, 0.25) is 0 Å². The summed E-state index contributed by atoms with van der Waals surface area (Å²) in [5.41, 5.74) is 1.75. The molecule has 1 amide bonds. The fourth-order valence-corrected chi connectivity index (χ4v) is 3.71. The number of hydrogen-bond acceptors (Lipinski definition) is 4. The molecule has 1 aromatic heterocycles. The molecular weight excluding hydrogens is 350 g/mol. The number of amides is 1. The number of imidazole rings is 1. The van der Waals surface area contributed by atoms with Crippen molar-refractivity contribution >= 4 is 21.4 Å². The molecule has 7 heteroatoms. The number of nitrogens with zero attached hydrogens (tertiary/aromatic N) is 2. The number of aromatic nitrogens is 2. The average molecular weight is 369 g/mol. The lowest BCUT2D eigenvalue weighted by molar-refractivity contribution is 0.102. The zero-order valence-electron chi connectivity index (χ0n) is 14.3. The molecule has 26 heavy (non-hydrogen) atoms. The number of sulfone groups is 1. The highest BCUT2D eigenvalue weighted by atomic mass is 32.2. The molecule has 2 aromatic carbocycles. The van der Waals surface area contributed by atoms with Crippen LogP contribution in [0, 0.1) is 0 Å². The molecule has 0 spiro atoms. The third-order valence-corrected chi connectivity index (χ3v) is 5.74. The normalized spacial score (nSPS) is 11.3. The van der Waals surface area contributed by atoms with Gasteiger partial charge < -0.3 is 9.88 Å². The van der Waals surface area contributed by atoms with Crippen molar-refractivity contribution in [3.63, 3.8) is 0 Å². The topological polar surface area (TPSA) is 81.1 Å². The maximum atomic E-state index is 12.6. The van der Waals surface area contributed by atoms with E-state index in [0.717, 1.165) is 5.56 Å². The quantitative estimate of drug-likeness (QED) is 0.724. The van der Waals surface area contributed by atoms with Crippen molar-refractivity contribution in [3.05, 3.63) is 78.4 Å². The Balaban J connectivity index is 1.83. The van der Waals surface area contributed by atoms with Gasteiger partial charge in [-0.2, -0.15) is 0 Å². The van der Waals surface area contributed by atoms with Gasteiger partial charge in [0.05, 0.1) is 22.5 Å². The first kappa shape index (κ1) is 17.9. The molecule has 0 aliphatic heterocycles. The van der Waals surface area contributed by atoms with E-state index in [9.17, 15) is 13.2 Å². The second-order valence-corrected chi connectivity index (χ2v) is 8.04. The summed E-state index contributed by atoms with van der Waals surface area (Å²) in [6.45, 7) is 2.19. The molecule has 0 bridgehead atoms. The van der Waals surface area contributed by atoms with Gasteiger partial charge in [-0.1, -0.05) is 31.2 Å². The SMILES string of the molecule is CCS(=O)(=O)c1ccccc1C(=O)Nc1cccc(Cn2ccnc2)c1. The van der Waals surface area contributed by atoms with Crippen LogP contribution < -0.4 is 5.32 Å². The highest BCUT2D eigenvalue weighted by Crippen LogP contribution is 2.19. The number of anilines is 1. The Bertz CT molecular complexity index is 1010. The van der Waals surface area contributed by atoms with Gasteiger partial charge >= 0.3 is 0 Å². The molecule has 0 aliphatic carbocycles. The van der Waals surface area contributed by atoms with Gasteiger partial charge in [-0.05, 0) is 29.8 Å². The first-order valence-corrected chi connectivity index (χ1v) is 9.82. The molecule has 134 valence electrons. The lowest BCUT2D eigenvalue weighted by Gasteiger charge is -2.11. The van der Waals surface area contributed by atoms with Crippen molar-refractivity contribution in [3.8, 4) is 0 Å². The van der Waals surface area contributed by atoms with Gasteiger partial charge in [0.1, 0.15) is 0 Å². The largest absolute Gasteiger partial charge is 0.333 e. The van der Waals surface area contributed by atoms with Crippen LogP contribution in [0.1, 0.15) is 22.8 Å². The Labute approximate surface area is 152 Å². The minimum Gasteiger partial charge on any atom is -0.333 e. The average Bonchev–Trinajstić information content (AvgIpc) is 3.15. The molecule has 1 N–H and O–H groups in total. The monoisotopic (exact) mass is 369 g/mol. The molecule has 0 aliphatic rings. The van der Waals surface area contributed by atoms with E-state index in [1.54, 1.807) is 37.6 Å². The van der Waals surface area contributed by atoms with Crippen molar-refractivity contribution < 1.29 is 13.2 Å². The van der Waals surface area contributed by atoms with E-state index in [1.165, 1.54) is 12.1 Å². The highest BCUT2D eigenvalue weighted by Gasteiger charge is 2.20. The molecule has 3 rings (SSSR count). The smallest absolute Gasteiger partial charge is 0.256 e. The maximum Gasteiger partial charge on any atom is 0.256 e. The Kier molecular flexibility index (Phi) is 5.18.